The van der Waals surface area contributed by atoms with Gasteiger partial charge in [-0.05, 0) is 48.4 Å². The molecule has 2 aromatic heterocycles. The van der Waals surface area contributed by atoms with E-state index in [0.717, 1.165) is 22.3 Å². The third kappa shape index (κ3) is 4.54. The molecule has 8 nitrogen and oxygen atoms in total. The molecule has 8 heteroatoms. The lowest BCUT2D eigenvalue weighted by Crippen LogP contribution is -2.37. The number of nitrogens with one attached hydrogen (secondary N) is 2. The number of hydrogen-bond donors (Lipinski definition) is 2. The van der Waals surface area contributed by atoms with Gasteiger partial charge < -0.3 is 15.0 Å². The van der Waals surface area contributed by atoms with Gasteiger partial charge in [-0.25, -0.2) is 9.67 Å². The highest BCUT2D eigenvalue weighted by Gasteiger charge is 2.22. The summed E-state index contributed by atoms with van der Waals surface area (Å²) in [4.78, 5) is 33.1. The van der Waals surface area contributed by atoms with Gasteiger partial charge in [-0.3, -0.25) is 9.59 Å². The number of carbonyl (C=O) groups excluding carboxylic acids is 1. The van der Waals surface area contributed by atoms with Crippen LogP contribution in [0.4, 0.5) is 0 Å². The second kappa shape index (κ2) is 9.05. The molecule has 0 aliphatic heterocycles. The van der Waals surface area contributed by atoms with Crippen LogP contribution in [0.3, 0.4) is 0 Å². The Balaban J connectivity index is 1.53. The number of fused-ring (bicyclic) bond motifs is 1. The summed E-state index contributed by atoms with van der Waals surface area (Å²) >= 11 is 0. The van der Waals surface area contributed by atoms with Crippen LogP contribution in [0.2, 0.25) is 0 Å². The smallest absolute Gasteiger partial charge is 0.267 e. The van der Waals surface area contributed by atoms with Crippen molar-refractivity contribution in [2.75, 3.05) is 7.11 Å². The van der Waals surface area contributed by atoms with Crippen molar-refractivity contribution < 1.29 is 9.53 Å². The number of carbonyl (C=O) groups is 1. The standard InChI is InChI=1S/C24H25N5O3/c1-15(2)23(24-25-19-6-4-5-7-20(19)26-24)27-21(30)14-29-22(31)13-12-18(28-29)16-8-10-17(32-3)11-9-16/h4-13,15,23H,14H2,1-3H3,(H,25,26)(H,27,30)/t23-/m1/s1. The minimum atomic E-state index is -0.345. The fourth-order valence-electron chi connectivity index (χ4n) is 3.50. The highest BCUT2D eigenvalue weighted by Crippen LogP contribution is 2.22. The Morgan fingerprint density at radius 1 is 1.09 bits per heavy atom. The summed E-state index contributed by atoms with van der Waals surface area (Å²) in [5, 5.41) is 7.37. The number of imidazole rings is 1. The molecular weight excluding hydrogens is 406 g/mol. The summed E-state index contributed by atoms with van der Waals surface area (Å²) in [5.41, 5.74) is 2.82. The van der Waals surface area contributed by atoms with Crippen LogP contribution >= 0.6 is 0 Å². The van der Waals surface area contributed by atoms with Crippen LogP contribution in [-0.4, -0.2) is 32.8 Å². The van der Waals surface area contributed by atoms with Crippen LogP contribution < -0.4 is 15.6 Å². The number of H-pyrrole nitrogens is 1. The first-order valence-corrected chi connectivity index (χ1v) is 10.4. The van der Waals surface area contributed by atoms with E-state index >= 15 is 0 Å². The summed E-state index contributed by atoms with van der Waals surface area (Å²) in [7, 11) is 1.60. The number of rotatable bonds is 7. The Morgan fingerprint density at radius 2 is 1.84 bits per heavy atom. The Labute approximate surface area is 185 Å². The van der Waals surface area contributed by atoms with Crippen molar-refractivity contribution in [3.05, 3.63) is 76.8 Å². The van der Waals surface area contributed by atoms with Crippen molar-refractivity contribution in [1.29, 1.82) is 0 Å². The number of benzene rings is 2. The van der Waals surface area contributed by atoms with Crippen LogP contribution in [0.1, 0.15) is 25.7 Å². The van der Waals surface area contributed by atoms with Crippen molar-refractivity contribution in [3.63, 3.8) is 0 Å². The van der Waals surface area contributed by atoms with Crippen LogP contribution in [0.15, 0.2) is 65.5 Å². The fraction of sp³-hybridized carbons (Fsp3) is 0.250. The predicted molar refractivity (Wildman–Crippen MR) is 122 cm³/mol. The number of hydrogen-bond acceptors (Lipinski definition) is 5. The topological polar surface area (TPSA) is 102 Å². The van der Waals surface area contributed by atoms with Crippen LogP contribution in [-0.2, 0) is 11.3 Å². The van der Waals surface area contributed by atoms with Gasteiger partial charge in [0, 0.05) is 11.6 Å². The maximum absolute atomic E-state index is 12.8. The second-order valence-electron chi connectivity index (χ2n) is 7.87. The van der Waals surface area contributed by atoms with Crippen molar-refractivity contribution in [2.45, 2.75) is 26.4 Å². The number of methoxy groups -OCH3 is 1. The van der Waals surface area contributed by atoms with Gasteiger partial charge in [0.1, 0.15) is 18.1 Å². The number of aromatic nitrogens is 4. The largest absolute Gasteiger partial charge is 0.497 e. The molecule has 4 rings (SSSR count). The minimum Gasteiger partial charge on any atom is -0.497 e. The van der Waals surface area contributed by atoms with Gasteiger partial charge in [-0.15, -0.1) is 0 Å². The van der Waals surface area contributed by atoms with E-state index < -0.39 is 0 Å². The molecule has 1 amide bonds. The molecule has 0 unspecified atom stereocenters. The van der Waals surface area contributed by atoms with Crippen molar-refractivity contribution in [1.82, 2.24) is 25.1 Å². The van der Waals surface area contributed by atoms with Crippen LogP contribution in [0.25, 0.3) is 22.3 Å². The molecule has 4 aromatic rings. The average molecular weight is 431 g/mol. The average Bonchev–Trinajstić information content (AvgIpc) is 3.22. The number of para-hydroxylation sites is 2. The van der Waals surface area contributed by atoms with Gasteiger partial charge in [0.25, 0.3) is 5.56 Å². The Hall–Kier alpha value is -3.94. The number of amides is 1. The molecular formula is C24H25N5O3. The van der Waals surface area contributed by atoms with E-state index in [1.165, 1.54) is 10.7 Å². The van der Waals surface area contributed by atoms with Gasteiger partial charge in [-0.2, -0.15) is 5.10 Å². The van der Waals surface area contributed by atoms with Gasteiger partial charge in [-0.1, -0.05) is 26.0 Å². The van der Waals surface area contributed by atoms with Gasteiger partial charge in [0.15, 0.2) is 0 Å². The van der Waals surface area contributed by atoms with Crippen LogP contribution in [0, 0.1) is 5.92 Å². The first kappa shape index (κ1) is 21.3. The zero-order valence-corrected chi connectivity index (χ0v) is 18.2. The molecule has 0 spiro atoms. The summed E-state index contributed by atoms with van der Waals surface area (Å²) in [6.07, 6.45) is 0. The molecule has 2 heterocycles. The maximum atomic E-state index is 12.8. The quantitative estimate of drug-likeness (QED) is 0.467. The summed E-state index contributed by atoms with van der Waals surface area (Å²) in [5.74, 6) is 1.19. The predicted octanol–water partition coefficient (Wildman–Crippen LogP) is 3.31. The van der Waals surface area contributed by atoms with E-state index in [9.17, 15) is 9.59 Å². The summed E-state index contributed by atoms with van der Waals surface area (Å²) in [6.45, 7) is 3.83. The molecule has 0 aliphatic carbocycles. The van der Waals surface area contributed by atoms with E-state index in [2.05, 4.69) is 20.4 Å². The van der Waals surface area contributed by atoms with Crippen LogP contribution in [0.5, 0.6) is 5.75 Å². The molecule has 2 N–H and O–H groups in total. The molecule has 0 bridgehead atoms. The molecule has 1 atom stereocenters. The lowest BCUT2D eigenvalue weighted by molar-refractivity contribution is -0.123. The summed E-state index contributed by atoms with van der Waals surface area (Å²) < 4.78 is 6.35. The SMILES string of the molecule is COc1ccc(-c2ccc(=O)n(CC(=O)N[C@@H](c3nc4ccccc4[nH]3)C(C)C)n2)cc1. The fourth-order valence-corrected chi connectivity index (χ4v) is 3.50. The molecule has 0 fully saturated rings. The van der Waals surface area contributed by atoms with Crippen molar-refractivity contribution >= 4 is 16.9 Å². The molecule has 0 radical (unpaired) electrons. The van der Waals surface area contributed by atoms with Crippen molar-refractivity contribution in [2.24, 2.45) is 5.92 Å². The third-order valence-electron chi connectivity index (χ3n) is 5.23. The van der Waals surface area contributed by atoms with E-state index in [1.807, 2.05) is 62.4 Å². The molecule has 0 saturated carbocycles. The first-order chi connectivity index (χ1) is 15.4. The van der Waals surface area contributed by atoms with E-state index in [-0.39, 0.29) is 30.0 Å². The van der Waals surface area contributed by atoms with E-state index in [0.29, 0.717) is 11.5 Å². The Morgan fingerprint density at radius 3 is 2.53 bits per heavy atom. The Kier molecular flexibility index (Phi) is 6.02. The maximum Gasteiger partial charge on any atom is 0.267 e. The first-order valence-electron chi connectivity index (χ1n) is 10.4. The highest BCUT2D eigenvalue weighted by atomic mass is 16.5. The lowest BCUT2D eigenvalue weighted by Gasteiger charge is -2.20. The lowest BCUT2D eigenvalue weighted by atomic mass is 10.0. The molecule has 32 heavy (non-hydrogen) atoms. The zero-order chi connectivity index (χ0) is 22.7. The van der Waals surface area contributed by atoms with Gasteiger partial charge in [0.05, 0.1) is 29.9 Å². The minimum absolute atomic E-state index is 0.0924. The second-order valence-corrected chi connectivity index (χ2v) is 7.87. The van der Waals surface area contributed by atoms with Gasteiger partial charge >= 0.3 is 0 Å². The highest BCUT2D eigenvalue weighted by molar-refractivity contribution is 5.77. The normalized spacial score (nSPS) is 12.1. The molecule has 164 valence electrons. The number of nitrogens with zero attached hydrogens (tertiary/aromatic N) is 3. The monoisotopic (exact) mass is 431 g/mol. The molecule has 0 saturated heterocycles. The van der Waals surface area contributed by atoms with E-state index in [4.69, 9.17) is 4.74 Å². The molecule has 0 aliphatic rings. The summed E-state index contributed by atoms with van der Waals surface area (Å²) in [6, 6.07) is 17.8. The van der Waals surface area contributed by atoms with Gasteiger partial charge in [0.2, 0.25) is 5.91 Å². The third-order valence-corrected chi connectivity index (χ3v) is 5.23. The number of aromatic amines is 1. The zero-order valence-electron chi connectivity index (χ0n) is 18.2. The number of ether oxygens (including phenoxy) is 1. The van der Waals surface area contributed by atoms with E-state index in [1.54, 1.807) is 13.2 Å². The Bertz CT molecular complexity index is 1260. The molecule has 2 aromatic carbocycles. The van der Waals surface area contributed by atoms with Crippen molar-refractivity contribution in [3.8, 4) is 17.0 Å².